The van der Waals surface area contributed by atoms with Crippen LogP contribution in [0.25, 0.3) is 11.0 Å². The average Bonchev–Trinajstić information content (AvgIpc) is 3.33. The molecule has 1 amide bonds. The molecule has 2 aromatic carbocycles. The highest BCUT2D eigenvalue weighted by Gasteiger charge is 2.42. The Bertz CT molecular complexity index is 1440. The number of halogens is 3. The maximum Gasteiger partial charge on any atom is 0.416 e. The van der Waals surface area contributed by atoms with Gasteiger partial charge in [0.1, 0.15) is 6.04 Å². The normalized spacial score (nSPS) is 17.3. The summed E-state index contributed by atoms with van der Waals surface area (Å²) in [4.78, 5) is 57.2. The predicted molar refractivity (Wildman–Crippen MR) is 124 cm³/mol. The zero-order chi connectivity index (χ0) is 27.8. The lowest BCUT2D eigenvalue weighted by Gasteiger charge is -2.21. The minimum atomic E-state index is -4.62. The van der Waals surface area contributed by atoms with Gasteiger partial charge in [0.25, 0.3) is 5.91 Å². The van der Waals surface area contributed by atoms with Gasteiger partial charge in [-0.15, -0.1) is 0 Å². The lowest BCUT2D eigenvalue weighted by Crippen LogP contribution is -2.40. The van der Waals surface area contributed by atoms with Gasteiger partial charge in [0.2, 0.25) is 0 Å². The van der Waals surface area contributed by atoms with E-state index in [1.54, 1.807) is 0 Å². The Labute approximate surface area is 211 Å². The van der Waals surface area contributed by atoms with Crippen LogP contribution in [0.1, 0.15) is 32.8 Å². The van der Waals surface area contributed by atoms with Crippen molar-refractivity contribution in [3.05, 3.63) is 59.3 Å². The Balaban J connectivity index is 1.61. The number of aliphatic carboxylic acids is 2. The van der Waals surface area contributed by atoms with E-state index < -0.39 is 47.5 Å². The van der Waals surface area contributed by atoms with Crippen LogP contribution in [0.2, 0.25) is 0 Å². The molecule has 2 atom stereocenters. The predicted octanol–water partition coefficient (Wildman–Crippen LogP) is 3.18. The van der Waals surface area contributed by atoms with Crippen molar-refractivity contribution in [2.24, 2.45) is 5.92 Å². The summed E-state index contributed by atoms with van der Waals surface area (Å²) in [5.41, 5.74) is -1.04. The molecule has 0 saturated carbocycles. The summed E-state index contributed by atoms with van der Waals surface area (Å²) < 4.78 is 43.9. The molecular weight excluding hydrogens is 513 g/mol. The Hall–Kier alpha value is -4.75. The summed E-state index contributed by atoms with van der Waals surface area (Å²) in [5, 5.41) is 21.4. The maximum absolute atomic E-state index is 13.1. The molecule has 198 valence electrons. The number of hydrogen-bond acceptors (Lipinski definition) is 8. The third kappa shape index (κ3) is 5.19. The van der Waals surface area contributed by atoms with Gasteiger partial charge in [0.05, 0.1) is 29.6 Å². The van der Waals surface area contributed by atoms with Crippen molar-refractivity contribution in [1.29, 1.82) is 0 Å². The first-order valence-corrected chi connectivity index (χ1v) is 11.0. The van der Waals surface area contributed by atoms with Crippen LogP contribution >= 0.6 is 0 Å². The minimum absolute atomic E-state index is 0.0710. The van der Waals surface area contributed by atoms with Crippen LogP contribution in [0.5, 0.6) is 0 Å². The van der Waals surface area contributed by atoms with Crippen molar-refractivity contribution >= 4 is 46.4 Å². The molecule has 3 N–H and O–H groups in total. The number of nitrogens with one attached hydrogen (secondary N) is 1. The van der Waals surface area contributed by atoms with E-state index in [-0.39, 0.29) is 41.1 Å². The van der Waals surface area contributed by atoms with Crippen LogP contribution in [-0.4, -0.2) is 68.6 Å². The Morgan fingerprint density at radius 1 is 1.00 bits per heavy atom. The van der Waals surface area contributed by atoms with Gasteiger partial charge in [-0.3, -0.25) is 9.59 Å². The van der Waals surface area contributed by atoms with E-state index >= 15 is 0 Å². The molecule has 38 heavy (non-hydrogen) atoms. The van der Waals surface area contributed by atoms with Gasteiger partial charge in [-0.05, 0) is 48.9 Å². The molecular formula is C24H19F3N4O7. The zero-order valence-electron chi connectivity index (χ0n) is 19.5. The number of hydrogen-bond donors (Lipinski definition) is 3. The molecule has 1 aliphatic rings. The number of carboxylic acid groups (broad SMARTS) is 2. The smallest absolute Gasteiger partial charge is 0.416 e. The number of aromatic nitrogens is 2. The van der Waals surface area contributed by atoms with E-state index in [1.165, 1.54) is 24.3 Å². The molecule has 0 radical (unpaired) electrons. The number of amides is 1. The molecule has 3 aromatic rings. The second-order valence-electron chi connectivity index (χ2n) is 8.40. The summed E-state index contributed by atoms with van der Waals surface area (Å²) in [6, 6.07) is 6.99. The van der Waals surface area contributed by atoms with Gasteiger partial charge < -0.3 is 25.2 Å². The monoisotopic (exact) mass is 532 g/mol. The van der Waals surface area contributed by atoms with Gasteiger partial charge >= 0.3 is 24.1 Å². The first-order valence-electron chi connectivity index (χ1n) is 11.0. The fourth-order valence-corrected chi connectivity index (χ4v) is 4.03. The van der Waals surface area contributed by atoms with Gasteiger partial charge in [0.15, 0.2) is 11.5 Å². The number of methoxy groups -OCH3 is 1. The number of anilines is 2. The van der Waals surface area contributed by atoms with E-state index in [1.807, 2.05) is 0 Å². The fraction of sp³-hybridized carbons (Fsp3) is 0.250. The number of benzene rings is 2. The second kappa shape index (κ2) is 9.95. The summed E-state index contributed by atoms with van der Waals surface area (Å²) in [5.74, 6) is -5.25. The average molecular weight is 532 g/mol. The fourth-order valence-electron chi connectivity index (χ4n) is 4.03. The number of nitrogens with zero attached hydrogens (tertiary/aromatic N) is 3. The van der Waals surface area contributed by atoms with Crippen molar-refractivity contribution in [2.75, 3.05) is 19.0 Å². The molecule has 2 heterocycles. The van der Waals surface area contributed by atoms with Crippen LogP contribution in [0.3, 0.4) is 0 Å². The molecule has 4 rings (SSSR count). The number of carbonyl (C=O) groups excluding carboxylic acids is 2. The maximum atomic E-state index is 13.1. The molecule has 0 bridgehead atoms. The number of alkyl halides is 3. The molecule has 1 aliphatic heterocycles. The third-order valence-electron chi connectivity index (χ3n) is 5.96. The van der Waals surface area contributed by atoms with Crippen LogP contribution in [0.15, 0.2) is 42.5 Å². The number of carbonyl (C=O) groups is 4. The minimum Gasteiger partial charge on any atom is -0.481 e. The summed E-state index contributed by atoms with van der Waals surface area (Å²) in [6.07, 6.45) is -4.83. The number of esters is 1. The summed E-state index contributed by atoms with van der Waals surface area (Å²) in [7, 11) is 1.07. The van der Waals surface area contributed by atoms with E-state index in [0.29, 0.717) is 5.69 Å². The van der Waals surface area contributed by atoms with Gasteiger partial charge in [-0.2, -0.15) is 13.2 Å². The summed E-state index contributed by atoms with van der Waals surface area (Å²) >= 11 is 0. The van der Waals surface area contributed by atoms with Crippen molar-refractivity contribution in [3.63, 3.8) is 0 Å². The highest BCUT2D eigenvalue weighted by atomic mass is 19.4. The van der Waals surface area contributed by atoms with E-state index in [4.69, 9.17) is 0 Å². The van der Waals surface area contributed by atoms with Gasteiger partial charge in [-0.1, -0.05) is 0 Å². The van der Waals surface area contributed by atoms with Crippen LogP contribution in [0.4, 0.5) is 24.7 Å². The van der Waals surface area contributed by atoms with E-state index in [2.05, 4.69) is 20.0 Å². The quantitative estimate of drug-likeness (QED) is 0.403. The third-order valence-corrected chi connectivity index (χ3v) is 5.96. The van der Waals surface area contributed by atoms with Crippen molar-refractivity contribution in [1.82, 2.24) is 14.9 Å². The summed E-state index contributed by atoms with van der Waals surface area (Å²) in [6.45, 7) is -0.254. The number of fused-ring (bicyclic) bond motifs is 1. The van der Waals surface area contributed by atoms with E-state index in [9.17, 15) is 42.6 Å². The first-order chi connectivity index (χ1) is 17.9. The first kappa shape index (κ1) is 26.3. The number of ether oxygens (including phenoxy) is 1. The lowest BCUT2D eigenvalue weighted by molar-refractivity contribution is -0.142. The molecule has 0 spiro atoms. The highest BCUT2D eigenvalue weighted by Crippen LogP contribution is 2.32. The molecule has 1 fully saturated rings. The number of likely N-dealkylation sites (tertiary alicyclic amines) is 1. The molecule has 2 unspecified atom stereocenters. The van der Waals surface area contributed by atoms with Crippen LogP contribution < -0.4 is 5.32 Å². The zero-order valence-corrected chi connectivity index (χ0v) is 19.5. The molecule has 1 saturated heterocycles. The molecule has 14 heteroatoms. The van der Waals surface area contributed by atoms with Crippen molar-refractivity contribution in [2.45, 2.75) is 18.6 Å². The van der Waals surface area contributed by atoms with E-state index in [0.717, 1.165) is 30.2 Å². The molecule has 0 aliphatic carbocycles. The standard InChI is InChI=1S/C24H19F3N4O7/c1-38-23(37)18-19(30-15-7-4-13(24(25,26)27)9-16(15)29-18)28-14-5-2-11(3-6-14)20(32)31-10-12(21(33)34)8-17(31)22(35)36/h2-7,9,12,17H,8,10H2,1H3,(H,28,30)(H,33,34)(H,35,36). The molecule has 1 aromatic heterocycles. The van der Waals surface area contributed by atoms with Gasteiger partial charge in [-0.25, -0.2) is 19.6 Å². The highest BCUT2D eigenvalue weighted by molar-refractivity contribution is 5.98. The SMILES string of the molecule is COC(=O)c1nc2cc(C(F)(F)F)ccc2nc1Nc1ccc(C(=O)N2CC(C(=O)O)CC2C(=O)O)cc1. The van der Waals surface area contributed by atoms with Crippen LogP contribution in [-0.2, 0) is 20.5 Å². The van der Waals surface area contributed by atoms with Gasteiger partial charge in [0, 0.05) is 17.8 Å². The largest absolute Gasteiger partial charge is 0.481 e. The second-order valence-corrected chi connectivity index (χ2v) is 8.40. The number of rotatable bonds is 6. The Kier molecular flexibility index (Phi) is 6.89. The van der Waals surface area contributed by atoms with Crippen LogP contribution in [0, 0.1) is 5.92 Å². The Morgan fingerprint density at radius 2 is 1.68 bits per heavy atom. The lowest BCUT2D eigenvalue weighted by atomic mass is 10.1. The number of carboxylic acids is 2. The van der Waals surface area contributed by atoms with Crippen molar-refractivity contribution < 1.29 is 47.3 Å². The van der Waals surface area contributed by atoms with Crippen molar-refractivity contribution in [3.8, 4) is 0 Å². The topological polar surface area (TPSA) is 159 Å². The molecule has 11 nitrogen and oxygen atoms in total. The Morgan fingerprint density at radius 3 is 2.26 bits per heavy atom.